The highest BCUT2D eigenvalue weighted by atomic mass is 16.5. The number of aryl methyl sites for hydroxylation is 1. The monoisotopic (exact) mass is 304 g/mol. The second-order valence-electron chi connectivity index (χ2n) is 6.59. The van der Waals surface area contributed by atoms with Crippen LogP contribution in [0.25, 0.3) is 0 Å². The smallest absolute Gasteiger partial charge is 0.0946 e. The molecule has 0 unspecified atom stereocenters. The van der Waals surface area contributed by atoms with E-state index in [2.05, 4.69) is 39.9 Å². The summed E-state index contributed by atoms with van der Waals surface area (Å²) in [6, 6.07) is 0.463. The first-order valence-corrected chi connectivity index (χ1v) is 8.38. The van der Waals surface area contributed by atoms with Gasteiger partial charge in [-0.2, -0.15) is 0 Å². The summed E-state index contributed by atoms with van der Waals surface area (Å²) < 4.78 is 7.67. The van der Waals surface area contributed by atoms with Crippen molar-refractivity contribution in [1.29, 1.82) is 0 Å². The molecule has 0 aromatic carbocycles. The van der Waals surface area contributed by atoms with Gasteiger partial charge in [0.15, 0.2) is 0 Å². The zero-order valence-electron chi connectivity index (χ0n) is 13.8. The number of hydrogen-bond donors (Lipinski definition) is 1. The summed E-state index contributed by atoms with van der Waals surface area (Å²) >= 11 is 0. The van der Waals surface area contributed by atoms with Crippen molar-refractivity contribution >= 4 is 0 Å². The van der Waals surface area contributed by atoms with Gasteiger partial charge in [0.2, 0.25) is 0 Å². The predicted octanol–water partition coefficient (Wildman–Crippen LogP) is 1.74. The van der Waals surface area contributed by atoms with Crippen LogP contribution in [-0.4, -0.2) is 54.3 Å². The van der Waals surface area contributed by atoms with Crippen molar-refractivity contribution < 1.29 is 4.74 Å². The van der Waals surface area contributed by atoms with E-state index >= 15 is 0 Å². The first kappa shape index (κ1) is 15.7. The number of nitrogens with zero attached hydrogens (tertiary/aromatic N) is 3. The van der Waals surface area contributed by atoms with Crippen LogP contribution in [0.1, 0.15) is 31.0 Å². The fourth-order valence-corrected chi connectivity index (χ4v) is 3.74. The second-order valence-corrected chi connectivity index (χ2v) is 6.59. The van der Waals surface area contributed by atoms with Crippen LogP contribution in [0.5, 0.6) is 0 Å². The lowest BCUT2D eigenvalue weighted by Gasteiger charge is -2.39. The van der Waals surface area contributed by atoms with Crippen molar-refractivity contribution in [2.45, 2.75) is 25.3 Å². The summed E-state index contributed by atoms with van der Waals surface area (Å²) in [6.07, 6.45) is 9.87. The third-order valence-corrected chi connectivity index (χ3v) is 4.91. The molecule has 0 spiro atoms. The number of ether oxygens (including phenoxy) is 1. The molecule has 1 aromatic rings. The number of imidazole rings is 1. The summed E-state index contributed by atoms with van der Waals surface area (Å²) in [4.78, 5) is 6.79. The van der Waals surface area contributed by atoms with E-state index in [0.717, 1.165) is 32.7 Å². The van der Waals surface area contributed by atoms with Crippen molar-refractivity contribution in [3.8, 4) is 0 Å². The molecule has 5 nitrogen and oxygen atoms in total. The molecule has 1 fully saturated rings. The molecular weight excluding hydrogens is 276 g/mol. The molecule has 1 N–H and O–H groups in total. The van der Waals surface area contributed by atoms with Crippen LogP contribution in [0, 0.1) is 5.92 Å². The molecule has 22 heavy (non-hydrogen) atoms. The standard InChI is InChI=1S/C17H28N4O/c1-20-7-3-6-15(17(20)16-11-19-13-21(16)2)10-18-9-14-5-4-8-22-12-14/h5,11,13,15,17-18H,3-4,6-10,12H2,1-2H3/t15-,17+/m0/s1. The normalized spacial score (nSPS) is 26.9. The summed E-state index contributed by atoms with van der Waals surface area (Å²) in [7, 11) is 4.33. The molecule has 0 aliphatic carbocycles. The van der Waals surface area contributed by atoms with Gasteiger partial charge in [-0.1, -0.05) is 6.08 Å². The van der Waals surface area contributed by atoms with Gasteiger partial charge in [-0.3, -0.25) is 4.90 Å². The SMILES string of the molecule is CN1CCC[C@@H](CNCC2=CCCOC2)[C@@H]1c1cncn1C. The number of aromatic nitrogens is 2. The van der Waals surface area contributed by atoms with Crippen LogP contribution in [0.15, 0.2) is 24.2 Å². The Balaban J connectivity index is 1.60. The van der Waals surface area contributed by atoms with Gasteiger partial charge >= 0.3 is 0 Å². The van der Waals surface area contributed by atoms with Gasteiger partial charge in [0.05, 0.1) is 31.3 Å². The minimum absolute atomic E-state index is 0.463. The molecule has 0 saturated carbocycles. The van der Waals surface area contributed by atoms with Gasteiger partial charge in [-0.25, -0.2) is 4.98 Å². The Morgan fingerprint density at radius 3 is 3.05 bits per heavy atom. The molecule has 5 heteroatoms. The van der Waals surface area contributed by atoms with Gasteiger partial charge in [-0.15, -0.1) is 0 Å². The first-order valence-electron chi connectivity index (χ1n) is 8.38. The Bertz CT molecular complexity index is 511. The van der Waals surface area contributed by atoms with Crippen LogP contribution >= 0.6 is 0 Å². The number of piperidine rings is 1. The number of rotatable bonds is 5. The molecule has 2 aliphatic rings. The lowest BCUT2D eigenvalue weighted by molar-refractivity contribution is 0.113. The maximum Gasteiger partial charge on any atom is 0.0946 e. The molecule has 2 aliphatic heterocycles. The van der Waals surface area contributed by atoms with Crippen LogP contribution < -0.4 is 5.32 Å². The average molecular weight is 304 g/mol. The predicted molar refractivity (Wildman–Crippen MR) is 87.7 cm³/mol. The van der Waals surface area contributed by atoms with Crippen LogP contribution in [-0.2, 0) is 11.8 Å². The van der Waals surface area contributed by atoms with Crippen molar-refractivity contribution in [1.82, 2.24) is 19.8 Å². The molecule has 122 valence electrons. The minimum atomic E-state index is 0.463. The Morgan fingerprint density at radius 2 is 2.32 bits per heavy atom. The fraction of sp³-hybridized carbons (Fsp3) is 0.706. The van der Waals surface area contributed by atoms with E-state index < -0.39 is 0 Å². The van der Waals surface area contributed by atoms with E-state index in [9.17, 15) is 0 Å². The summed E-state index contributed by atoms with van der Waals surface area (Å²) in [6.45, 7) is 4.85. The lowest BCUT2D eigenvalue weighted by atomic mass is 9.87. The van der Waals surface area contributed by atoms with Gasteiger partial charge in [0, 0.05) is 26.3 Å². The zero-order chi connectivity index (χ0) is 15.4. The van der Waals surface area contributed by atoms with Gasteiger partial charge in [0.25, 0.3) is 0 Å². The second kappa shape index (κ2) is 7.40. The van der Waals surface area contributed by atoms with Crippen molar-refractivity contribution in [3.05, 3.63) is 29.9 Å². The first-order chi connectivity index (χ1) is 10.8. The van der Waals surface area contributed by atoms with E-state index in [4.69, 9.17) is 4.74 Å². The third kappa shape index (κ3) is 3.59. The summed E-state index contributed by atoms with van der Waals surface area (Å²) in [5, 5.41) is 3.65. The molecule has 1 aromatic heterocycles. The molecular formula is C17H28N4O. The van der Waals surface area contributed by atoms with Crippen LogP contribution in [0.2, 0.25) is 0 Å². The van der Waals surface area contributed by atoms with Crippen LogP contribution in [0.4, 0.5) is 0 Å². The summed E-state index contributed by atoms with van der Waals surface area (Å²) in [5.41, 5.74) is 2.72. The number of hydrogen-bond acceptors (Lipinski definition) is 4. The van der Waals surface area contributed by atoms with E-state index in [1.165, 1.54) is 30.7 Å². The molecule has 1 saturated heterocycles. The van der Waals surface area contributed by atoms with Gasteiger partial charge in [-0.05, 0) is 44.3 Å². The average Bonchev–Trinajstić information content (AvgIpc) is 2.94. The van der Waals surface area contributed by atoms with Gasteiger partial charge in [0.1, 0.15) is 0 Å². The molecule has 3 heterocycles. The van der Waals surface area contributed by atoms with E-state index in [1.807, 2.05) is 12.5 Å². The maximum atomic E-state index is 5.51. The Labute approximate surface area is 133 Å². The lowest BCUT2D eigenvalue weighted by Crippen LogP contribution is -2.41. The highest BCUT2D eigenvalue weighted by Crippen LogP contribution is 2.34. The molecule has 0 bridgehead atoms. The summed E-state index contributed by atoms with van der Waals surface area (Å²) in [5.74, 6) is 0.638. The molecule has 3 rings (SSSR count). The Morgan fingerprint density at radius 1 is 1.41 bits per heavy atom. The van der Waals surface area contributed by atoms with E-state index in [0.29, 0.717) is 12.0 Å². The molecule has 2 atom stereocenters. The minimum Gasteiger partial charge on any atom is -0.377 e. The number of nitrogens with one attached hydrogen (secondary N) is 1. The largest absolute Gasteiger partial charge is 0.377 e. The van der Waals surface area contributed by atoms with Crippen molar-refractivity contribution in [3.63, 3.8) is 0 Å². The van der Waals surface area contributed by atoms with E-state index in [1.54, 1.807) is 0 Å². The van der Waals surface area contributed by atoms with Crippen molar-refractivity contribution in [2.75, 3.05) is 39.9 Å². The quantitative estimate of drug-likeness (QED) is 0.842. The fourth-order valence-electron chi connectivity index (χ4n) is 3.74. The topological polar surface area (TPSA) is 42.3 Å². The Hall–Kier alpha value is -1.17. The van der Waals surface area contributed by atoms with Crippen LogP contribution in [0.3, 0.4) is 0 Å². The zero-order valence-corrected chi connectivity index (χ0v) is 13.8. The molecule has 0 amide bonds. The highest BCUT2D eigenvalue weighted by Gasteiger charge is 2.31. The van der Waals surface area contributed by atoms with Gasteiger partial charge < -0.3 is 14.6 Å². The molecule has 0 radical (unpaired) electrons. The maximum absolute atomic E-state index is 5.51. The van der Waals surface area contributed by atoms with Crippen molar-refractivity contribution in [2.24, 2.45) is 13.0 Å². The Kier molecular flexibility index (Phi) is 5.28. The number of likely N-dealkylation sites (tertiary alicyclic amines) is 1. The van der Waals surface area contributed by atoms with E-state index in [-0.39, 0.29) is 0 Å². The highest BCUT2D eigenvalue weighted by molar-refractivity contribution is 5.10. The third-order valence-electron chi connectivity index (χ3n) is 4.91.